The van der Waals surface area contributed by atoms with Gasteiger partial charge in [-0.15, -0.1) is 22.0 Å². The standard InChI is InChI=1S/C21H22N4O2S2/c1-4-18(20(27)23-21-25-24-14(3)28-21)29-17-7-5-6-16(12-17)22-19(26)15-10-8-13(2)9-11-15/h5-12,18H,4H2,1-3H3,(H,22,26)(H,23,25,27). The number of aryl methyl sites for hydroxylation is 2. The number of anilines is 2. The van der Waals surface area contributed by atoms with Crippen LogP contribution in [0.5, 0.6) is 0 Å². The third-order valence-electron chi connectivity index (χ3n) is 4.10. The molecule has 3 aromatic rings. The zero-order valence-electron chi connectivity index (χ0n) is 16.4. The Morgan fingerprint density at radius 1 is 1.07 bits per heavy atom. The second-order valence-electron chi connectivity index (χ2n) is 6.48. The van der Waals surface area contributed by atoms with Crippen molar-refractivity contribution in [3.05, 3.63) is 64.7 Å². The molecule has 2 N–H and O–H groups in total. The van der Waals surface area contributed by atoms with Gasteiger partial charge in [0.15, 0.2) is 0 Å². The second-order valence-corrected chi connectivity index (χ2v) is 8.94. The summed E-state index contributed by atoms with van der Waals surface area (Å²) in [6.07, 6.45) is 0.661. The summed E-state index contributed by atoms with van der Waals surface area (Å²) in [5.41, 5.74) is 2.40. The van der Waals surface area contributed by atoms with Crippen molar-refractivity contribution < 1.29 is 9.59 Å². The molecule has 1 unspecified atom stereocenters. The number of amides is 2. The average molecular weight is 427 g/mol. The van der Waals surface area contributed by atoms with Gasteiger partial charge in [0.05, 0.1) is 5.25 Å². The Morgan fingerprint density at radius 3 is 2.48 bits per heavy atom. The first kappa shape index (κ1) is 21.0. The first-order chi connectivity index (χ1) is 13.9. The molecule has 0 fully saturated rings. The molecule has 29 heavy (non-hydrogen) atoms. The number of nitrogens with zero attached hydrogens (tertiary/aromatic N) is 2. The van der Waals surface area contributed by atoms with Crippen molar-refractivity contribution in [1.82, 2.24) is 10.2 Å². The van der Waals surface area contributed by atoms with E-state index in [1.54, 1.807) is 12.1 Å². The lowest BCUT2D eigenvalue weighted by atomic mass is 10.1. The molecule has 0 saturated carbocycles. The van der Waals surface area contributed by atoms with Gasteiger partial charge in [0.1, 0.15) is 5.01 Å². The Balaban J connectivity index is 1.65. The summed E-state index contributed by atoms with van der Waals surface area (Å²) in [6, 6.07) is 14.9. The number of rotatable bonds is 7. The Kier molecular flexibility index (Phi) is 7.00. The van der Waals surface area contributed by atoms with Gasteiger partial charge in [-0.3, -0.25) is 14.9 Å². The van der Waals surface area contributed by atoms with E-state index in [1.165, 1.54) is 23.1 Å². The maximum atomic E-state index is 12.6. The lowest BCUT2D eigenvalue weighted by Crippen LogP contribution is -2.24. The number of aromatic nitrogens is 2. The van der Waals surface area contributed by atoms with E-state index in [0.717, 1.165) is 15.5 Å². The van der Waals surface area contributed by atoms with Gasteiger partial charge in [0.2, 0.25) is 11.0 Å². The van der Waals surface area contributed by atoms with E-state index in [0.29, 0.717) is 22.8 Å². The molecular weight excluding hydrogens is 404 g/mol. The highest BCUT2D eigenvalue weighted by molar-refractivity contribution is 8.00. The molecule has 0 aliphatic rings. The lowest BCUT2D eigenvalue weighted by Gasteiger charge is -2.14. The lowest BCUT2D eigenvalue weighted by molar-refractivity contribution is -0.115. The number of nitrogens with one attached hydrogen (secondary N) is 2. The van der Waals surface area contributed by atoms with Gasteiger partial charge in [-0.2, -0.15) is 0 Å². The highest BCUT2D eigenvalue weighted by Crippen LogP contribution is 2.29. The second kappa shape index (κ2) is 9.67. The summed E-state index contributed by atoms with van der Waals surface area (Å²) in [6.45, 7) is 5.79. The first-order valence-electron chi connectivity index (χ1n) is 9.20. The van der Waals surface area contributed by atoms with Crippen LogP contribution < -0.4 is 10.6 Å². The van der Waals surface area contributed by atoms with Crippen LogP contribution in [0.2, 0.25) is 0 Å². The molecule has 0 aliphatic carbocycles. The SMILES string of the molecule is CCC(Sc1cccc(NC(=O)c2ccc(C)cc2)c1)C(=O)Nc1nnc(C)s1. The number of benzene rings is 2. The molecule has 1 aromatic heterocycles. The molecule has 0 radical (unpaired) electrons. The van der Waals surface area contributed by atoms with Crippen LogP contribution in [0.15, 0.2) is 53.4 Å². The average Bonchev–Trinajstić information content (AvgIpc) is 3.11. The number of hydrogen-bond donors (Lipinski definition) is 2. The molecule has 3 rings (SSSR count). The molecule has 2 aromatic carbocycles. The van der Waals surface area contributed by atoms with Gasteiger partial charge >= 0.3 is 0 Å². The van der Waals surface area contributed by atoms with E-state index in [4.69, 9.17) is 0 Å². The summed E-state index contributed by atoms with van der Waals surface area (Å²) in [7, 11) is 0. The van der Waals surface area contributed by atoms with Gasteiger partial charge < -0.3 is 5.32 Å². The number of carbonyl (C=O) groups excluding carboxylic acids is 2. The Morgan fingerprint density at radius 2 is 1.83 bits per heavy atom. The van der Waals surface area contributed by atoms with E-state index in [-0.39, 0.29) is 17.1 Å². The van der Waals surface area contributed by atoms with E-state index < -0.39 is 0 Å². The van der Waals surface area contributed by atoms with Crippen LogP contribution in [0.3, 0.4) is 0 Å². The number of carbonyl (C=O) groups is 2. The topological polar surface area (TPSA) is 84.0 Å². The highest BCUT2D eigenvalue weighted by Gasteiger charge is 2.19. The molecule has 1 atom stereocenters. The highest BCUT2D eigenvalue weighted by atomic mass is 32.2. The van der Waals surface area contributed by atoms with Crippen molar-refractivity contribution in [2.45, 2.75) is 37.3 Å². The predicted molar refractivity (Wildman–Crippen MR) is 119 cm³/mol. The fourth-order valence-electron chi connectivity index (χ4n) is 2.57. The quantitative estimate of drug-likeness (QED) is 0.524. The molecule has 6 nitrogen and oxygen atoms in total. The molecular formula is C21H22N4O2S2. The van der Waals surface area contributed by atoms with Gasteiger partial charge in [-0.05, 0) is 50.6 Å². The van der Waals surface area contributed by atoms with E-state index >= 15 is 0 Å². The molecule has 2 amide bonds. The summed E-state index contributed by atoms with van der Waals surface area (Å²) in [5, 5.41) is 14.6. The molecule has 8 heteroatoms. The minimum atomic E-state index is -0.276. The third kappa shape index (κ3) is 5.88. The molecule has 0 bridgehead atoms. The van der Waals surface area contributed by atoms with Crippen molar-refractivity contribution >= 4 is 45.7 Å². The van der Waals surface area contributed by atoms with E-state index in [1.807, 2.05) is 57.2 Å². The molecule has 0 saturated heterocycles. The normalized spacial score (nSPS) is 11.7. The van der Waals surface area contributed by atoms with Crippen LogP contribution in [0.25, 0.3) is 0 Å². The molecule has 0 spiro atoms. The summed E-state index contributed by atoms with van der Waals surface area (Å²) in [5.74, 6) is -0.272. The van der Waals surface area contributed by atoms with E-state index in [2.05, 4.69) is 20.8 Å². The van der Waals surface area contributed by atoms with Crippen LogP contribution in [0.4, 0.5) is 10.8 Å². The van der Waals surface area contributed by atoms with Crippen molar-refractivity contribution in [3.8, 4) is 0 Å². The summed E-state index contributed by atoms with van der Waals surface area (Å²) in [4.78, 5) is 25.9. The maximum absolute atomic E-state index is 12.6. The Bertz CT molecular complexity index is 1000. The number of thioether (sulfide) groups is 1. The minimum Gasteiger partial charge on any atom is -0.322 e. The zero-order valence-corrected chi connectivity index (χ0v) is 18.1. The third-order valence-corrected chi connectivity index (χ3v) is 6.22. The van der Waals surface area contributed by atoms with Gasteiger partial charge in [0.25, 0.3) is 5.91 Å². The monoisotopic (exact) mass is 426 g/mol. The van der Waals surface area contributed by atoms with Crippen LogP contribution in [-0.2, 0) is 4.79 Å². The fraction of sp³-hybridized carbons (Fsp3) is 0.238. The largest absolute Gasteiger partial charge is 0.322 e. The molecule has 1 heterocycles. The van der Waals surface area contributed by atoms with Crippen molar-refractivity contribution in [1.29, 1.82) is 0 Å². The maximum Gasteiger partial charge on any atom is 0.255 e. The van der Waals surface area contributed by atoms with Crippen LogP contribution in [0.1, 0.15) is 34.3 Å². The Labute approximate surface area is 178 Å². The number of hydrogen-bond acceptors (Lipinski definition) is 6. The van der Waals surface area contributed by atoms with Gasteiger partial charge in [-0.25, -0.2) is 0 Å². The first-order valence-corrected chi connectivity index (χ1v) is 10.9. The zero-order chi connectivity index (χ0) is 20.8. The fourth-order valence-corrected chi connectivity index (χ4v) is 4.18. The molecule has 150 valence electrons. The van der Waals surface area contributed by atoms with E-state index in [9.17, 15) is 9.59 Å². The van der Waals surface area contributed by atoms with Crippen molar-refractivity contribution in [2.75, 3.05) is 10.6 Å². The van der Waals surface area contributed by atoms with Crippen LogP contribution in [-0.4, -0.2) is 27.3 Å². The van der Waals surface area contributed by atoms with Crippen LogP contribution >= 0.6 is 23.1 Å². The van der Waals surface area contributed by atoms with Crippen LogP contribution in [0, 0.1) is 13.8 Å². The summed E-state index contributed by atoms with van der Waals surface area (Å²) < 4.78 is 0. The smallest absolute Gasteiger partial charge is 0.255 e. The predicted octanol–water partition coefficient (Wildman–Crippen LogP) is 4.92. The van der Waals surface area contributed by atoms with Crippen molar-refractivity contribution in [2.24, 2.45) is 0 Å². The minimum absolute atomic E-state index is 0.109. The Hall–Kier alpha value is -2.71. The summed E-state index contributed by atoms with van der Waals surface area (Å²) >= 11 is 2.80. The van der Waals surface area contributed by atoms with Gasteiger partial charge in [0, 0.05) is 16.1 Å². The van der Waals surface area contributed by atoms with Crippen molar-refractivity contribution in [3.63, 3.8) is 0 Å². The molecule has 0 aliphatic heterocycles. The van der Waals surface area contributed by atoms with Gasteiger partial charge in [-0.1, -0.05) is 42.0 Å².